The molecule has 1 amide bonds. The first-order chi connectivity index (χ1) is 12.2. The third kappa shape index (κ3) is 3.41. The minimum Gasteiger partial charge on any atom is -0.494 e. The largest absolute Gasteiger partial charge is 0.494 e. The Labute approximate surface area is 156 Å². The minimum absolute atomic E-state index is 0.125. The highest BCUT2D eigenvalue weighted by Crippen LogP contribution is 2.32. The fourth-order valence-electron chi connectivity index (χ4n) is 2.38. The maximum Gasteiger partial charge on any atom is 0.232 e. The average molecular weight is 388 g/mol. The van der Waals surface area contributed by atoms with Crippen molar-refractivity contribution >= 4 is 55.3 Å². The molecule has 0 fully saturated rings. The first-order valence-electron chi connectivity index (χ1n) is 7.43. The second-order valence-corrected chi connectivity index (χ2v) is 7.88. The molecule has 1 N–H and O–H groups in total. The van der Waals surface area contributed by atoms with Gasteiger partial charge in [-0.05, 0) is 23.6 Å². The molecule has 1 aromatic carbocycles. The number of carbonyl (C=O) groups is 1. The molecule has 0 saturated carbocycles. The van der Waals surface area contributed by atoms with Gasteiger partial charge >= 0.3 is 0 Å². The fourth-order valence-corrected chi connectivity index (χ4v) is 4.81. The summed E-state index contributed by atoms with van der Waals surface area (Å²) in [7, 11) is 1.61. The zero-order valence-corrected chi connectivity index (χ0v) is 15.6. The van der Waals surface area contributed by atoms with Crippen LogP contribution in [-0.4, -0.2) is 23.0 Å². The third-order valence-electron chi connectivity index (χ3n) is 3.51. The Bertz CT molecular complexity index is 1020. The van der Waals surface area contributed by atoms with Crippen LogP contribution in [0.1, 0.15) is 5.69 Å². The summed E-state index contributed by atoms with van der Waals surface area (Å²) >= 11 is 4.61. The number of rotatable bonds is 5. The number of nitrogens with zero attached hydrogens (tertiary/aromatic N) is 2. The Morgan fingerprint density at radius 1 is 1.24 bits per heavy atom. The van der Waals surface area contributed by atoms with Gasteiger partial charge in [-0.15, -0.1) is 11.3 Å². The Morgan fingerprint density at radius 3 is 2.96 bits per heavy atom. The lowest BCUT2D eigenvalue weighted by atomic mass is 10.3. The van der Waals surface area contributed by atoms with E-state index in [1.165, 1.54) is 11.3 Å². The number of nitrogens with one attached hydrogen (secondary N) is 1. The van der Waals surface area contributed by atoms with Crippen LogP contribution in [0.3, 0.4) is 0 Å². The first-order valence-corrected chi connectivity index (χ1v) is 10.1. The van der Waals surface area contributed by atoms with Crippen LogP contribution in [0.4, 0.5) is 5.13 Å². The van der Waals surface area contributed by atoms with E-state index in [9.17, 15) is 4.79 Å². The number of thiophene rings is 1. The van der Waals surface area contributed by atoms with Crippen molar-refractivity contribution in [1.82, 2.24) is 9.97 Å². The molecular weight excluding hydrogens is 374 g/mol. The number of amides is 1. The van der Waals surface area contributed by atoms with Gasteiger partial charge in [0.25, 0.3) is 0 Å². The Morgan fingerprint density at radius 2 is 2.16 bits per heavy atom. The van der Waals surface area contributed by atoms with Crippen molar-refractivity contribution in [3.05, 3.63) is 46.1 Å². The van der Waals surface area contributed by atoms with Gasteiger partial charge in [0.2, 0.25) is 5.91 Å². The van der Waals surface area contributed by atoms with Crippen molar-refractivity contribution < 1.29 is 9.53 Å². The highest BCUT2D eigenvalue weighted by atomic mass is 32.1. The lowest BCUT2D eigenvalue weighted by Crippen LogP contribution is -2.14. The number of thiazole rings is 2. The number of benzene rings is 1. The predicted octanol–water partition coefficient (Wildman–Crippen LogP) is 4.67. The smallest absolute Gasteiger partial charge is 0.232 e. The normalized spacial score (nSPS) is 10.9. The molecule has 0 spiro atoms. The van der Waals surface area contributed by atoms with Crippen LogP contribution in [0.25, 0.3) is 20.8 Å². The predicted molar refractivity (Wildman–Crippen MR) is 104 cm³/mol. The van der Waals surface area contributed by atoms with Gasteiger partial charge in [0.1, 0.15) is 16.3 Å². The van der Waals surface area contributed by atoms with Gasteiger partial charge < -0.3 is 10.1 Å². The maximum absolute atomic E-state index is 12.3. The van der Waals surface area contributed by atoms with Gasteiger partial charge in [-0.25, -0.2) is 9.97 Å². The van der Waals surface area contributed by atoms with Crippen molar-refractivity contribution in [2.75, 3.05) is 12.4 Å². The average Bonchev–Trinajstić information content (AvgIpc) is 3.33. The molecule has 3 aromatic heterocycles. The van der Waals surface area contributed by atoms with Gasteiger partial charge in [-0.1, -0.05) is 17.4 Å². The van der Waals surface area contributed by atoms with Crippen LogP contribution in [0.15, 0.2) is 40.4 Å². The SMILES string of the molecule is COc1cccc2sc(NC(=O)Cc3csc(-c4ccsc4)n3)nc12. The summed E-state index contributed by atoms with van der Waals surface area (Å²) in [5, 5.41) is 10.4. The number of para-hydroxylation sites is 1. The van der Waals surface area contributed by atoms with Crippen LogP contribution < -0.4 is 10.1 Å². The van der Waals surface area contributed by atoms with Crippen molar-refractivity contribution in [1.29, 1.82) is 0 Å². The summed E-state index contributed by atoms with van der Waals surface area (Å²) < 4.78 is 6.28. The molecule has 5 nitrogen and oxygen atoms in total. The van der Waals surface area contributed by atoms with Crippen LogP contribution in [0.5, 0.6) is 5.75 Å². The van der Waals surface area contributed by atoms with Crippen LogP contribution in [0.2, 0.25) is 0 Å². The Kier molecular flexibility index (Phi) is 4.48. The van der Waals surface area contributed by atoms with E-state index in [4.69, 9.17) is 4.74 Å². The topological polar surface area (TPSA) is 64.1 Å². The molecule has 0 aliphatic carbocycles. The van der Waals surface area contributed by atoms with Gasteiger partial charge in [0.05, 0.1) is 23.9 Å². The molecular formula is C17H13N3O2S3. The molecule has 4 rings (SSSR count). The minimum atomic E-state index is -0.125. The van der Waals surface area contributed by atoms with Crippen molar-refractivity contribution in [2.24, 2.45) is 0 Å². The summed E-state index contributed by atoms with van der Waals surface area (Å²) in [6.07, 6.45) is 0.230. The van der Waals surface area contributed by atoms with E-state index in [1.54, 1.807) is 29.8 Å². The van der Waals surface area contributed by atoms with E-state index in [0.29, 0.717) is 10.9 Å². The first kappa shape index (κ1) is 16.2. The molecule has 0 saturated heterocycles. The third-order valence-corrected chi connectivity index (χ3v) is 6.07. The quantitative estimate of drug-likeness (QED) is 0.540. The van der Waals surface area contributed by atoms with Gasteiger partial charge in [-0.2, -0.15) is 11.3 Å². The van der Waals surface area contributed by atoms with E-state index < -0.39 is 0 Å². The molecule has 0 aliphatic rings. The highest BCUT2D eigenvalue weighted by Gasteiger charge is 2.13. The molecule has 3 heterocycles. The second kappa shape index (κ2) is 6.91. The molecule has 0 radical (unpaired) electrons. The van der Waals surface area contributed by atoms with Crippen molar-refractivity contribution in [3.63, 3.8) is 0 Å². The van der Waals surface area contributed by atoms with Crippen molar-refractivity contribution in [3.8, 4) is 16.3 Å². The zero-order chi connectivity index (χ0) is 17.2. The number of hydrogen-bond donors (Lipinski definition) is 1. The maximum atomic E-state index is 12.3. The fraction of sp³-hybridized carbons (Fsp3) is 0.118. The lowest BCUT2D eigenvalue weighted by molar-refractivity contribution is -0.115. The summed E-state index contributed by atoms with van der Waals surface area (Å²) in [6, 6.07) is 7.75. The number of aromatic nitrogens is 2. The lowest BCUT2D eigenvalue weighted by Gasteiger charge is -1.99. The monoisotopic (exact) mass is 387 g/mol. The summed E-state index contributed by atoms with van der Waals surface area (Å²) in [6.45, 7) is 0. The standard InChI is InChI=1S/C17H13N3O2S3/c1-22-12-3-2-4-13-15(12)20-17(25-13)19-14(21)7-11-9-24-16(18-11)10-5-6-23-8-10/h2-6,8-9H,7H2,1H3,(H,19,20,21). The number of fused-ring (bicyclic) bond motifs is 1. The molecule has 4 aromatic rings. The summed E-state index contributed by atoms with van der Waals surface area (Å²) in [4.78, 5) is 21.3. The van der Waals surface area contributed by atoms with Gasteiger partial charge in [0.15, 0.2) is 5.13 Å². The number of hydrogen-bond acceptors (Lipinski definition) is 7. The molecule has 8 heteroatoms. The van der Waals surface area contributed by atoms with E-state index in [-0.39, 0.29) is 12.3 Å². The molecule has 126 valence electrons. The Hall–Kier alpha value is -2.29. The number of methoxy groups -OCH3 is 1. The van der Waals surface area contributed by atoms with Crippen molar-refractivity contribution in [2.45, 2.75) is 6.42 Å². The van der Waals surface area contributed by atoms with E-state index in [0.717, 1.165) is 26.5 Å². The number of ether oxygens (including phenoxy) is 1. The van der Waals surface area contributed by atoms with Gasteiger partial charge in [0, 0.05) is 16.3 Å². The number of anilines is 1. The zero-order valence-electron chi connectivity index (χ0n) is 13.2. The van der Waals surface area contributed by atoms with Crippen LogP contribution in [-0.2, 0) is 11.2 Å². The molecule has 25 heavy (non-hydrogen) atoms. The van der Waals surface area contributed by atoms with E-state index >= 15 is 0 Å². The molecule has 0 aliphatic heterocycles. The summed E-state index contributed by atoms with van der Waals surface area (Å²) in [5.41, 5.74) is 2.63. The van der Waals surface area contributed by atoms with Crippen LogP contribution >= 0.6 is 34.0 Å². The molecule has 0 atom stereocenters. The number of carbonyl (C=O) groups excluding carboxylic acids is 1. The van der Waals surface area contributed by atoms with Gasteiger partial charge in [-0.3, -0.25) is 4.79 Å². The summed E-state index contributed by atoms with van der Waals surface area (Å²) in [5.74, 6) is 0.578. The highest BCUT2D eigenvalue weighted by molar-refractivity contribution is 7.22. The van der Waals surface area contributed by atoms with E-state index in [2.05, 4.69) is 20.7 Å². The molecule has 0 bridgehead atoms. The Balaban J connectivity index is 1.47. The van der Waals surface area contributed by atoms with E-state index in [1.807, 2.05) is 35.0 Å². The van der Waals surface area contributed by atoms with Crippen LogP contribution in [0, 0.1) is 0 Å². The molecule has 0 unspecified atom stereocenters. The second-order valence-electron chi connectivity index (χ2n) is 5.21.